The molecule has 2 aromatic rings. The minimum atomic E-state index is -0.469. The van der Waals surface area contributed by atoms with Crippen molar-refractivity contribution in [3.8, 4) is 0 Å². The van der Waals surface area contributed by atoms with Crippen molar-refractivity contribution in [3.63, 3.8) is 0 Å². The summed E-state index contributed by atoms with van der Waals surface area (Å²) in [5, 5.41) is 17.7. The van der Waals surface area contributed by atoms with Crippen molar-refractivity contribution in [2.45, 2.75) is 32.8 Å². The normalized spacial score (nSPS) is 16.6. The lowest BCUT2D eigenvalue weighted by molar-refractivity contribution is -0.383. The first kappa shape index (κ1) is 17.1. The largest absolute Gasteiger partial charge is 0.376 e. The van der Waals surface area contributed by atoms with E-state index in [1.165, 1.54) is 6.33 Å². The van der Waals surface area contributed by atoms with Crippen LogP contribution in [-0.4, -0.2) is 34.1 Å². The van der Waals surface area contributed by atoms with Gasteiger partial charge in [-0.05, 0) is 38.3 Å². The van der Waals surface area contributed by atoms with Gasteiger partial charge in [-0.2, -0.15) is 0 Å². The summed E-state index contributed by atoms with van der Waals surface area (Å²) in [6.45, 7) is 5.16. The zero-order chi connectivity index (χ0) is 17.8. The predicted molar refractivity (Wildman–Crippen MR) is 95.3 cm³/mol. The average Bonchev–Trinajstić information content (AvgIpc) is 3.09. The van der Waals surface area contributed by atoms with E-state index < -0.39 is 4.92 Å². The van der Waals surface area contributed by atoms with Crippen molar-refractivity contribution in [3.05, 3.63) is 45.8 Å². The summed E-state index contributed by atoms with van der Waals surface area (Å²) in [5.41, 5.74) is 2.72. The third kappa shape index (κ3) is 4.03. The fraction of sp³-hybridized carbons (Fsp3) is 0.412. The van der Waals surface area contributed by atoms with Crippen molar-refractivity contribution in [1.82, 2.24) is 9.97 Å². The molecule has 1 aromatic heterocycles. The van der Waals surface area contributed by atoms with E-state index in [2.05, 4.69) is 20.6 Å². The van der Waals surface area contributed by atoms with Crippen LogP contribution in [0.2, 0.25) is 0 Å². The second-order valence-corrected chi connectivity index (χ2v) is 6.14. The zero-order valence-electron chi connectivity index (χ0n) is 14.3. The van der Waals surface area contributed by atoms with Crippen LogP contribution in [0, 0.1) is 24.0 Å². The summed E-state index contributed by atoms with van der Waals surface area (Å²) in [4.78, 5) is 19.2. The molecule has 0 amide bonds. The summed E-state index contributed by atoms with van der Waals surface area (Å²) >= 11 is 0. The number of hydrogen-bond donors (Lipinski definition) is 2. The van der Waals surface area contributed by atoms with E-state index in [0.29, 0.717) is 6.54 Å². The molecule has 25 heavy (non-hydrogen) atoms. The molecule has 1 saturated heterocycles. The molecule has 3 rings (SSSR count). The first-order valence-corrected chi connectivity index (χ1v) is 8.23. The highest BCUT2D eigenvalue weighted by molar-refractivity contribution is 5.74. The molecule has 0 saturated carbocycles. The Balaban J connectivity index is 1.85. The van der Waals surface area contributed by atoms with Crippen molar-refractivity contribution in [2.75, 3.05) is 23.8 Å². The molecule has 2 N–H and O–H groups in total. The fourth-order valence-corrected chi connectivity index (χ4v) is 2.87. The van der Waals surface area contributed by atoms with Crippen LogP contribution >= 0.6 is 0 Å². The molecule has 1 unspecified atom stereocenters. The lowest BCUT2D eigenvalue weighted by Gasteiger charge is -2.13. The highest BCUT2D eigenvalue weighted by Crippen LogP contribution is 2.32. The molecule has 0 aliphatic carbocycles. The standard InChI is InChI=1S/C17H21N5O3/c1-11-5-6-14(12(2)8-11)21-17-15(22(23)24)16(19-10-20-17)18-9-13-4-3-7-25-13/h5-6,8,10,13H,3-4,7,9H2,1-2H3,(H2,18,19,20,21). The van der Waals surface area contributed by atoms with Crippen LogP contribution in [0.5, 0.6) is 0 Å². The van der Waals surface area contributed by atoms with Crippen LogP contribution in [0.3, 0.4) is 0 Å². The maximum atomic E-state index is 11.6. The van der Waals surface area contributed by atoms with Crippen molar-refractivity contribution in [2.24, 2.45) is 0 Å². The van der Waals surface area contributed by atoms with Crippen molar-refractivity contribution >= 4 is 23.0 Å². The van der Waals surface area contributed by atoms with Crippen molar-refractivity contribution in [1.29, 1.82) is 0 Å². The van der Waals surface area contributed by atoms with Gasteiger partial charge in [0.1, 0.15) is 6.33 Å². The summed E-state index contributed by atoms with van der Waals surface area (Å²) in [6.07, 6.45) is 3.33. The Hall–Kier alpha value is -2.74. The molecule has 1 atom stereocenters. The SMILES string of the molecule is Cc1ccc(Nc2ncnc(NCC3CCCO3)c2[N+](=O)[O-])c(C)c1. The molecule has 0 bridgehead atoms. The summed E-state index contributed by atoms with van der Waals surface area (Å²) in [5.74, 6) is 0.365. The Morgan fingerprint density at radius 2 is 2.12 bits per heavy atom. The van der Waals surface area contributed by atoms with Gasteiger partial charge in [-0.3, -0.25) is 10.1 Å². The van der Waals surface area contributed by atoms with Gasteiger partial charge in [0.05, 0.1) is 11.0 Å². The molecule has 1 aliphatic rings. The number of benzene rings is 1. The molecule has 2 heterocycles. The molecule has 0 spiro atoms. The number of anilines is 3. The number of hydrogen-bond acceptors (Lipinski definition) is 7. The van der Waals surface area contributed by atoms with Gasteiger partial charge < -0.3 is 15.4 Å². The van der Waals surface area contributed by atoms with Gasteiger partial charge in [-0.25, -0.2) is 9.97 Å². The summed E-state index contributed by atoms with van der Waals surface area (Å²) < 4.78 is 5.54. The third-order valence-corrected chi connectivity index (χ3v) is 4.16. The maximum absolute atomic E-state index is 11.6. The summed E-state index contributed by atoms with van der Waals surface area (Å²) in [7, 11) is 0. The Morgan fingerprint density at radius 1 is 1.32 bits per heavy atom. The number of nitrogens with zero attached hydrogens (tertiary/aromatic N) is 3. The smallest absolute Gasteiger partial charge is 0.353 e. The van der Waals surface area contributed by atoms with Gasteiger partial charge in [-0.1, -0.05) is 17.7 Å². The predicted octanol–water partition coefficient (Wildman–Crippen LogP) is 3.34. The lowest BCUT2D eigenvalue weighted by atomic mass is 10.1. The monoisotopic (exact) mass is 343 g/mol. The molecule has 132 valence electrons. The number of ether oxygens (including phenoxy) is 1. The second-order valence-electron chi connectivity index (χ2n) is 6.14. The molecule has 1 aliphatic heterocycles. The Kier molecular flexibility index (Phi) is 5.08. The zero-order valence-corrected chi connectivity index (χ0v) is 14.3. The van der Waals surface area contributed by atoms with Crippen molar-refractivity contribution < 1.29 is 9.66 Å². The number of aromatic nitrogens is 2. The first-order valence-electron chi connectivity index (χ1n) is 8.23. The highest BCUT2D eigenvalue weighted by atomic mass is 16.6. The van der Waals surface area contributed by atoms with E-state index in [4.69, 9.17) is 4.74 Å². The Labute approximate surface area is 145 Å². The third-order valence-electron chi connectivity index (χ3n) is 4.16. The van der Waals surface area contributed by atoms with E-state index in [1.807, 2.05) is 32.0 Å². The topological polar surface area (TPSA) is 102 Å². The highest BCUT2D eigenvalue weighted by Gasteiger charge is 2.25. The minimum absolute atomic E-state index is 0.0605. The first-order chi connectivity index (χ1) is 12.0. The fourth-order valence-electron chi connectivity index (χ4n) is 2.87. The van der Waals surface area contributed by atoms with E-state index in [-0.39, 0.29) is 23.4 Å². The van der Waals surface area contributed by atoms with Crippen LogP contribution in [0.1, 0.15) is 24.0 Å². The van der Waals surface area contributed by atoms with Gasteiger partial charge in [0, 0.05) is 18.8 Å². The number of aryl methyl sites for hydroxylation is 2. The molecular weight excluding hydrogens is 322 g/mol. The molecule has 0 radical (unpaired) electrons. The van der Waals surface area contributed by atoms with Crippen LogP contribution in [0.4, 0.5) is 23.0 Å². The van der Waals surface area contributed by atoms with E-state index >= 15 is 0 Å². The number of nitro groups is 1. The van der Waals surface area contributed by atoms with Gasteiger partial charge in [0.15, 0.2) is 0 Å². The number of rotatable bonds is 6. The van der Waals surface area contributed by atoms with Gasteiger partial charge in [-0.15, -0.1) is 0 Å². The van der Waals surface area contributed by atoms with Crippen LogP contribution in [0.15, 0.2) is 24.5 Å². The Morgan fingerprint density at radius 3 is 2.80 bits per heavy atom. The quantitative estimate of drug-likeness (QED) is 0.612. The number of nitrogens with one attached hydrogen (secondary N) is 2. The van der Waals surface area contributed by atoms with E-state index in [9.17, 15) is 10.1 Å². The molecule has 1 fully saturated rings. The van der Waals surface area contributed by atoms with E-state index in [0.717, 1.165) is 36.3 Å². The van der Waals surface area contributed by atoms with Gasteiger partial charge >= 0.3 is 5.69 Å². The van der Waals surface area contributed by atoms with Gasteiger partial charge in [0.2, 0.25) is 11.6 Å². The minimum Gasteiger partial charge on any atom is -0.376 e. The average molecular weight is 343 g/mol. The molecule has 8 heteroatoms. The second kappa shape index (κ2) is 7.43. The maximum Gasteiger partial charge on any atom is 0.353 e. The van der Waals surface area contributed by atoms with Crippen LogP contribution < -0.4 is 10.6 Å². The lowest BCUT2D eigenvalue weighted by Crippen LogP contribution is -2.20. The van der Waals surface area contributed by atoms with Crippen LogP contribution in [0.25, 0.3) is 0 Å². The van der Waals surface area contributed by atoms with Crippen LogP contribution in [-0.2, 0) is 4.74 Å². The van der Waals surface area contributed by atoms with E-state index in [1.54, 1.807) is 0 Å². The molecule has 1 aromatic carbocycles. The Bertz CT molecular complexity index is 775. The molecular formula is C17H21N5O3. The molecule has 8 nitrogen and oxygen atoms in total. The summed E-state index contributed by atoms with van der Waals surface area (Å²) in [6, 6.07) is 5.83. The van der Waals surface area contributed by atoms with Gasteiger partial charge in [0.25, 0.3) is 0 Å².